The van der Waals surface area contributed by atoms with E-state index in [0.717, 1.165) is 0 Å². The van der Waals surface area contributed by atoms with E-state index in [4.69, 9.17) is 5.11 Å². The third-order valence-electron chi connectivity index (χ3n) is 2.94. The number of ether oxygens (including phenoxy) is 1. The van der Waals surface area contributed by atoms with Crippen LogP contribution in [0.25, 0.3) is 0 Å². The molecule has 2 N–H and O–H groups in total. The zero-order chi connectivity index (χ0) is 13.2. The summed E-state index contributed by atoms with van der Waals surface area (Å²) >= 11 is 0. The van der Waals surface area contributed by atoms with Crippen molar-refractivity contribution in [3.8, 4) is 0 Å². The first-order valence-corrected chi connectivity index (χ1v) is 5.46. The summed E-state index contributed by atoms with van der Waals surface area (Å²) in [6.45, 7) is 0.292. The van der Waals surface area contributed by atoms with Crippen molar-refractivity contribution >= 4 is 17.8 Å². The minimum atomic E-state index is -0.808. The van der Waals surface area contributed by atoms with Crippen molar-refractivity contribution in [3.63, 3.8) is 0 Å². The molecule has 2 rings (SSSR count). The predicted molar refractivity (Wildman–Crippen MR) is 61.2 cm³/mol. The molecule has 1 aromatic rings. The molecule has 1 aliphatic carbocycles. The van der Waals surface area contributed by atoms with Crippen LogP contribution in [0.1, 0.15) is 23.5 Å². The van der Waals surface area contributed by atoms with Crippen molar-refractivity contribution in [2.75, 3.05) is 19.0 Å². The molecular weight excluding hydrogens is 238 g/mol. The molecule has 0 amide bonds. The Morgan fingerprint density at radius 2 is 2.28 bits per heavy atom. The average molecular weight is 251 g/mol. The number of esters is 1. The number of aromatic nitrogens is 2. The lowest BCUT2D eigenvalue weighted by atomic mass is 10.1. The summed E-state index contributed by atoms with van der Waals surface area (Å²) in [4.78, 5) is 29.9. The zero-order valence-electron chi connectivity index (χ0n) is 9.84. The summed E-state index contributed by atoms with van der Waals surface area (Å²) in [5.74, 6) is -1.07. The van der Waals surface area contributed by atoms with Gasteiger partial charge in [-0.3, -0.25) is 4.79 Å². The van der Waals surface area contributed by atoms with Crippen molar-refractivity contribution in [1.82, 2.24) is 9.97 Å². The van der Waals surface area contributed by atoms with Gasteiger partial charge in [-0.2, -0.15) is 0 Å². The van der Waals surface area contributed by atoms with Crippen molar-refractivity contribution in [3.05, 3.63) is 18.1 Å². The summed E-state index contributed by atoms with van der Waals surface area (Å²) in [6, 6.07) is 1.57. The van der Waals surface area contributed by atoms with E-state index in [1.165, 1.54) is 13.3 Å². The Labute approximate surface area is 103 Å². The van der Waals surface area contributed by atoms with Gasteiger partial charge in [-0.15, -0.1) is 0 Å². The topological polar surface area (TPSA) is 101 Å². The molecule has 0 bridgehead atoms. The molecule has 0 saturated heterocycles. The van der Waals surface area contributed by atoms with Gasteiger partial charge in [0.2, 0.25) is 5.82 Å². The number of carboxylic acid groups (broad SMARTS) is 1. The minimum absolute atomic E-state index is 0.0531. The Hall–Kier alpha value is -2.18. The second-order valence-electron chi connectivity index (χ2n) is 4.20. The van der Waals surface area contributed by atoms with Crippen LogP contribution in [-0.2, 0) is 9.53 Å². The Kier molecular flexibility index (Phi) is 3.14. The molecular formula is C11H13N3O4. The Bertz CT molecular complexity index is 485. The van der Waals surface area contributed by atoms with Crippen LogP contribution in [0.2, 0.25) is 0 Å². The number of carbonyl (C=O) groups is 2. The van der Waals surface area contributed by atoms with Crippen LogP contribution in [-0.4, -0.2) is 40.7 Å². The number of hydrogen-bond acceptors (Lipinski definition) is 6. The van der Waals surface area contributed by atoms with Gasteiger partial charge in [0, 0.05) is 12.7 Å². The molecule has 96 valence electrons. The highest BCUT2D eigenvalue weighted by Gasteiger charge is 2.50. The number of carboxylic acids is 1. The van der Waals surface area contributed by atoms with Gasteiger partial charge >= 0.3 is 11.9 Å². The molecule has 7 nitrogen and oxygen atoms in total. The van der Waals surface area contributed by atoms with Crippen LogP contribution < -0.4 is 5.32 Å². The smallest absolute Gasteiger partial charge is 0.376 e. The maximum Gasteiger partial charge on any atom is 0.376 e. The maximum atomic E-state index is 11.2. The van der Waals surface area contributed by atoms with E-state index in [-0.39, 0.29) is 5.82 Å². The molecule has 0 aliphatic heterocycles. The summed E-state index contributed by atoms with van der Waals surface area (Å²) in [5.41, 5.74) is -0.684. The number of anilines is 1. The van der Waals surface area contributed by atoms with Crippen LogP contribution in [0.15, 0.2) is 12.3 Å². The molecule has 1 saturated carbocycles. The number of aliphatic carboxylic acids is 1. The molecule has 0 spiro atoms. The number of rotatable bonds is 5. The molecule has 0 unspecified atom stereocenters. The number of hydrogen-bond donors (Lipinski definition) is 2. The first kappa shape index (κ1) is 12.3. The maximum absolute atomic E-state index is 11.2. The lowest BCUT2D eigenvalue weighted by Gasteiger charge is -2.11. The van der Waals surface area contributed by atoms with Crippen molar-refractivity contribution in [2.45, 2.75) is 12.8 Å². The lowest BCUT2D eigenvalue weighted by molar-refractivity contribution is -0.142. The Balaban J connectivity index is 2.02. The van der Waals surface area contributed by atoms with Crippen LogP contribution in [0.5, 0.6) is 0 Å². The Morgan fingerprint density at radius 1 is 1.56 bits per heavy atom. The molecule has 0 radical (unpaired) electrons. The molecule has 18 heavy (non-hydrogen) atoms. The van der Waals surface area contributed by atoms with E-state index in [1.807, 2.05) is 0 Å². The molecule has 7 heteroatoms. The zero-order valence-corrected chi connectivity index (χ0v) is 9.84. The third-order valence-corrected chi connectivity index (χ3v) is 2.94. The van der Waals surface area contributed by atoms with Crippen molar-refractivity contribution in [1.29, 1.82) is 0 Å². The monoisotopic (exact) mass is 251 g/mol. The second kappa shape index (κ2) is 4.59. The van der Waals surface area contributed by atoms with E-state index in [1.54, 1.807) is 6.07 Å². The minimum Gasteiger partial charge on any atom is -0.481 e. The summed E-state index contributed by atoms with van der Waals surface area (Å²) in [6.07, 6.45) is 2.73. The molecule has 1 heterocycles. The highest BCUT2D eigenvalue weighted by molar-refractivity contribution is 5.85. The van der Waals surface area contributed by atoms with Crippen LogP contribution >= 0.6 is 0 Å². The highest BCUT2D eigenvalue weighted by Crippen LogP contribution is 2.45. The van der Waals surface area contributed by atoms with Gasteiger partial charge in [0.15, 0.2) is 0 Å². The van der Waals surface area contributed by atoms with Crippen LogP contribution in [0, 0.1) is 5.41 Å². The number of nitrogens with one attached hydrogen (secondary N) is 1. The SMILES string of the molecule is COC(=O)c1nccc(NCC2(C(=O)O)CC2)n1. The standard InChI is InChI=1S/C11H13N3O4/c1-18-9(15)8-12-5-2-7(14-8)13-6-11(3-4-11)10(16)17/h2,5H,3-4,6H2,1H3,(H,16,17)(H,12,13,14). The van der Waals surface area contributed by atoms with Gasteiger partial charge < -0.3 is 15.2 Å². The van der Waals surface area contributed by atoms with Gasteiger partial charge in [-0.1, -0.05) is 0 Å². The third kappa shape index (κ3) is 2.39. The van der Waals surface area contributed by atoms with Crippen LogP contribution in [0.3, 0.4) is 0 Å². The summed E-state index contributed by atoms with van der Waals surface area (Å²) < 4.78 is 4.50. The van der Waals surface area contributed by atoms with E-state index in [9.17, 15) is 9.59 Å². The normalized spacial score (nSPS) is 15.8. The van der Waals surface area contributed by atoms with E-state index in [0.29, 0.717) is 25.2 Å². The van der Waals surface area contributed by atoms with Gasteiger partial charge in [0.1, 0.15) is 5.82 Å². The van der Waals surface area contributed by atoms with E-state index < -0.39 is 17.4 Å². The summed E-state index contributed by atoms with van der Waals surface area (Å²) in [5, 5.41) is 11.9. The fourth-order valence-corrected chi connectivity index (χ4v) is 1.52. The number of carbonyl (C=O) groups excluding carboxylic acids is 1. The molecule has 1 aliphatic rings. The van der Waals surface area contributed by atoms with Crippen molar-refractivity contribution < 1.29 is 19.4 Å². The van der Waals surface area contributed by atoms with Gasteiger partial charge in [-0.05, 0) is 18.9 Å². The van der Waals surface area contributed by atoms with E-state index in [2.05, 4.69) is 20.0 Å². The molecule has 1 fully saturated rings. The Morgan fingerprint density at radius 3 is 2.83 bits per heavy atom. The fourth-order valence-electron chi connectivity index (χ4n) is 1.52. The van der Waals surface area contributed by atoms with E-state index >= 15 is 0 Å². The van der Waals surface area contributed by atoms with Crippen LogP contribution in [0.4, 0.5) is 5.82 Å². The van der Waals surface area contributed by atoms with Gasteiger partial charge in [0.05, 0.1) is 12.5 Å². The van der Waals surface area contributed by atoms with Crippen molar-refractivity contribution in [2.24, 2.45) is 5.41 Å². The fraction of sp³-hybridized carbons (Fsp3) is 0.455. The van der Waals surface area contributed by atoms with Gasteiger partial charge in [0.25, 0.3) is 0 Å². The quantitative estimate of drug-likeness (QED) is 0.736. The molecule has 0 aromatic carbocycles. The number of nitrogens with zero attached hydrogens (tertiary/aromatic N) is 2. The molecule has 0 atom stereocenters. The van der Waals surface area contributed by atoms with Gasteiger partial charge in [-0.25, -0.2) is 14.8 Å². The molecule has 1 aromatic heterocycles. The number of methoxy groups -OCH3 is 1. The largest absolute Gasteiger partial charge is 0.481 e. The second-order valence-corrected chi connectivity index (χ2v) is 4.20. The first-order chi connectivity index (χ1) is 8.57. The lowest BCUT2D eigenvalue weighted by Crippen LogP contribution is -2.25. The summed E-state index contributed by atoms with van der Waals surface area (Å²) in [7, 11) is 1.25. The average Bonchev–Trinajstić information content (AvgIpc) is 3.17. The predicted octanol–water partition coefficient (Wildman–Crippen LogP) is 0.540. The first-order valence-electron chi connectivity index (χ1n) is 5.46. The highest BCUT2D eigenvalue weighted by atomic mass is 16.5.